The molecule has 0 bridgehead atoms. The highest BCUT2D eigenvalue weighted by Crippen LogP contribution is 2.27. The Hall–Kier alpha value is -3.11. The highest BCUT2D eigenvalue weighted by molar-refractivity contribution is 5.65. The molecule has 0 atom stereocenters. The molecule has 0 amide bonds. The summed E-state index contributed by atoms with van der Waals surface area (Å²) in [6, 6.07) is 9.53. The fraction of sp³-hybridized carbons (Fsp3) is 0.214. The molecule has 0 aliphatic carbocycles. The molecular formula is C14H10F2N4O. The number of halogens is 2. The molecule has 0 radical (unpaired) electrons. The molecule has 0 saturated carbocycles. The fourth-order valence-corrected chi connectivity index (χ4v) is 1.42. The van der Waals surface area contributed by atoms with E-state index in [4.69, 9.17) is 20.5 Å². The van der Waals surface area contributed by atoms with Gasteiger partial charge >= 0.3 is 0 Å². The molecule has 21 heavy (non-hydrogen) atoms. The Balaban J connectivity index is 3.14. The second-order valence-electron chi connectivity index (χ2n) is 3.91. The standard InChI is InChI=1S/C14H10F2N4O/c1-9-2-3-11(13(4-9)21-8-14(15)16)20-12(7-19)10(5-17)6-18/h2-4,14,20H,8H2,1H3. The van der Waals surface area contributed by atoms with E-state index in [1.54, 1.807) is 31.2 Å². The number of ether oxygens (including phenoxy) is 1. The van der Waals surface area contributed by atoms with Gasteiger partial charge in [-0.3, -0.25) is 0 Å². The molecule has 0 unspecified atom stereocenters. The van der Waals surface area contributed by atoms with Crippen LogP contribution in [0.3, 0.4) is 0 Å². The van der Waals surface area contributed by atoms with E-state index in [2.05, 4.69) is 5.32 Å². The van der Waals surface area contributed by atoms with Gasteiger partial charge in [0.2, 0.25) is 0 Å². The Morgan fingerprint density at radius 2 is 1.90 bits per heavy atom. The molecule has 0 fully saturated rings. The molecule has 106 valence electrons. The minimum atomic E-state index is -2.64. The van der Waals surface area contributed by atoms with Crippen LogP contribution >= 0.6 is 0 Å². The third kappa shape index (κ3) is 4.49. The number of hydrogen-bond acceptors (Lipinski definition) is 5. The van der Waals surface area contributed by atoms with Crippen molar-refractivity contribution < 1.29 is 13.5 Å². The van der Waals surface area contributed by atoms with Gasteiger partial charge in [0.05, 0.1) is 5.69 Å². The average Bonchev–Trinajstić information content (AvgIpc) is 2.46. The summed E-state index contributed by atoms with van der Waals surface area (Å²) in [5.74, 6) is 0.110. The van der Waals surface area contributed by atoms with Crippen LogP contribution in [-0.2, 0) is 0 Å². The van der Waals surface area contributed by atoms with Crippen LogP contribution in [0, 0.1) is 40.9 Å². The van der Waals surface area contributed by atoms with E-state index in [9.17, 15) is 8.78 Å². The third-order valence-electron chi connectivity index (χ3n) is 2.35. The van der Waals surface area contributed by atoms with Gasteiger partial charge in [0.25, 0.3) is 6.43 Å². The van der Waals surface area contributed by atoms with E-state index in [0.717, 1.165) is 5.56 Å². The molecule has 0 aliphatic heterocycles. The van der Waals surface area contributed by atoms with Crippen LogP contribution in [0.1, 0.15) is 5.56 Å². The number of anilines is 1. The zero-order chi connectivity index (χ0) is 15.8. The van der Waals surface area contributed by atoms with Gasteiger partial charge in [0.1, 0.15) is 36.3 Å². The molecule has 1 aromatic carbocycles. The van der Waals surface area contributed by atoms with Crippen molar-refractivity contribution in [3.8, 4) is 24.0 Å². The van der Waals surface area contributed by atoms with Crippen molar-refractivity contribution in [1.29, 1.82) is 15.8 Å². The molecule has 0 aromatic heterocycles. The summed E-state index contributed by atoms with van der Waals surface area (Å²) in [6.45, 7) is 0.948. The lowest BCUT2D eigenvalue weighted by Crippen LogP contribution is -2.09. The second-order valence-corrected chi connectivity index (χ2v) is 3.91. The number of nitrogens with one attached hydrogen (secondary N) is 1. The quantitative estimate of drug-likeness (QED) is 0.841. The van der Waals surface area contributed by atoms with Crippen LogP contribution in [0.2, 0.25) is 0 Å². The average molecular weight is 288 g/mol. The van der Waals surface area contributed by atoms with Crippen molar-refractivity contribution in [3.05, 3.63) is 35.0 Å². The van der Waals surface area contributed by atoms with E-state index in [-0.39, 0.29) is 17.1 Å². The van der Waals surface area contributed by atoms with Gasteiger partial charge in [-0.2, -0.15) is 15.8 Å². The highest BCUT2D eigenvalue weighted by atomic mass is 19.3. The van der Waals surface area contributed by atoms with Gasteiger partial charge in [-0.15, -0.1) is 0 Å². The Labute approximate surface area is 120 Å². The van der Waals surface area contributed by atoms with Crippen LogP contribution in [0.25, 0.3) is 0 Å². The molecule has 0 spiro atoms. The minimum Gasteiger partial charge on any atom is -0.485 e. The van der Waals surface area contributed by atoms with Gasteiger partial charge in [-0.05, 0) is 24.6 Å². The normalized spacial score (nSPS) is 9.19. The largest absolute Gasteiger partial charge is 0.485 e. The summed E-state index contributed by atoms with van der Waals surface area (Å²) in [6.07, 6.45) is -2.64. The number of benzene rings is 1. The first-order valence-electron chi connectivity index (χ1n) is 5.75. The maximum absolute atomic E-state index is 12.2. The maximum atomic E-state index is 12.2. The Morgan fingerprint density at radius 3 is 2.43 bits per heavy atom. The van der Waals surface area contributed by atoms with Crippen LogP contribution in [-0.4, -0.2) is 13.0 Å². The fourth-order valence-electron chi connectivity index (χ4n) is 1.42. The highest BCUT2D eigenvalue weighted by Gasteiger charge is 2.12. The number of alkyl halides is 2. The van der Waals surface area contributed by atoms with Crippen molar-refractivity contribution in [2.24, 2.45) is 0 Å². The summed E-state index contributed by atoms with van der Waals surface area (Å²) >= 11 is 0. The summed E-state index contributed by atoms with van der Waals surface area (Å²) in [5, 5.41) is 29.0. The van der Waals surface area contributed by atoms with Crippen molar-refractivity contribution >= 4 is 5.69 Å². The van der Waals surface area contributed by atoms with Gasteiger partial charge in [0.15, 0.2) is 5.57 Å². The molecular weight excluding hydrogens is 278 g/mol. The molecule has 0 heterocycles. The predicted molar refractivity (Wildman–Crippen MR) is 70.2 cm³/mol. The molecule has 0 saturated heterocycles. The predicted octanol–water partition coefficient (Wildman–Crippen LogP) is 2.88. The Kier molecular flexibility index (Phi) is 5.67. The van der Waals surface area contributed by atoms with Crippen LogP contribution in [0.15, 0.2) is 29.5 Å². The lowest BCUT2D eigenvalue weighted by Gasteiger charge is -2.13. The third-order valence-corrected chi connectivity index (χ3v) is 2.35. The van der Waals surface area contributed by atoms with Crippen LogP contribution < -0.4 is 10.1 Å². The zero-order valence-corrected chi connectivity index (χ0v) is 11.0. The number of rotatable bonds is 5. The number of nitriles is 3. The van der Waals surface area contributed by atoms with Crippen molar-refractivity contribution in [2.75, 3.05) is 11.9 Å². The summed E-state index contributed by atoms with van der Waals surface area (Å²) in [5.41, 5.74) is 0.317. The first-order chi connectivity index (χ1) is 10.0. The van der Waals surface area contributed by atoms with E-state index in [1.165, 1.54) is 12.1 Å². The summed E-state index contributed by atoms with van der Waals surface area (Å²) < 4.78 is 29.4. The van der Waals surface area contributed by atoms with Gasteiger partial charge in [0, 0.05) is 0 Å². The van der Waals surface area contributed by atoms with Crippen molar-refractivity contribution in [1.82, 2.24) is 0 Å². The van der Waals surface area contributed by atoms with Crippen LogP contribution in [0.4, 0.5) is 14.5 Å². The monoisotopic (exact) mass is 288 g/mol. The Morgan fingerprint density at radius 1 is 1.24 bits per heavy atom. The molecule has 1 N–H and O–H groups in total. The minimum absolute atomic E-state index is 0.110. The number of nitrogens with zero attached hydrogens (tertiary/aromatic N) is 3. The Bertz CT molecular complexity index is 662. The topological polar surface area (TPSA) is 92.6 Å². The maximum Gasteiger partial charge on any atom is 0.272 e. The first-order valence-corrected chi connectivity index (χ1v) is 5.75. The van der Waals surface area contributed by atoms with Gasteiger partial charge < -0.3 is 10.1 Å². The molecule has 1 rings (SSSR count). The summed E-state index contributed by atoms with van der Waals surface area (Å²) in [4.78, 5) is 0. The van der Waals surface area contributed by atoms with Crippen LogP contribution in [0.5, 0.6) is 5.75 Å². The first kappa shape index (κ1) is 15.9. The number of allylic oxidation sites excluding steroid dienone is 2. The lowest BCUT2D eigenvalue weighted by molar-refractivity contribution is 0.0822. The molecule has 5 nitrogen and oxygen atoms in total. The van der Waals surface area contributed by atoms with Gasteiger partial charge in [-0.25, -0.2) is 8.78 Å². The molecule has 0 aliphatic rings. The smallest absolute Gasteiger partial charge is 0.272 e. The second kappa shape index (κ2) is 7.47. The van der Waals surface area contributed by atoms with E-state index >= 15 is 0 Å². The van der Waals surface area contributed by atoms with E-state index in [1.807, 2.05) is 0 Å². The van der Waals surface area contributed by atoms with Crippen molar-refractivity contribution in [3.63, 3.8) is 0 Å². The molecule has 1 aromatic rings. The van der Waals surface area contributed by atoms with Gasteiger partial charge in [-0.1, -0.05) is 6.07 Å². The van der Waals surface area contributed by atoms with E-state index in [0.29, 0.717) is 0 Å². The zero-order valence-electron chi connectivity index (χ0n) is 11.0. The summed E-state index contributed by atoms with van der Waals surface area (Å²) in [7, 11) is 0. The molecule has 7 heteroatoms. The SMILES string of the molecule is Cc1ccc(NC(C#N)=C(C#N)C#N)c(OCC(F)F)c1. The number of hydrogen-bond donors (Lipinski definition) is 1. The lowest BCUT2D eigenvalue weighted by atomic mass is 10.2. The number of aryl methyl sites for hydroxylation is 1. The van der Waals surface area contributed by atoms with Crippen molar-refractivity contribution in [2.45, 2.75) is 13.3 Å². The van der Waals surface area contributed by atoms with E-state index < -0.39 is 18.6 Å².